The predicted molar refractivity (Wildman–Crippen MR) is 87.1 cm³/mol. The molecule has 0 unspecified atom stereocenters. The van der Waals surface area contributed by atoms with Gasteiger partial charge >= 0.3 is 0 Å². The molecule has 0 aromatic carbocycles. The Morgan fingerprint density at radius 2 is 2.09 bits per heavy atom. The van der Waals surface area contributed by atoms with Crippen LogP contribution in [0.4, 0.5) is 17.3 Å². The van der Waals surface area contributed by atoms with E-state index < -0.39 is 0 Å². The molecule has 3 N–H and O–H groups in total. The number of nitrogens with zero attached hydrogens (tertiary/aromatic N) is 3. The maximum atomic E-state index is 12.1. The lowest BCUT2D eigenvalue weighted by atomic mass is 10.2. The van der Waals surface area contributed by atoms with Crippen LogP contribution in [0.25, 0.3) is 0 Å². The van der Waals surface area contributed by atoms with E-state index in [1.165, 1.54) is 0 Å². The second kappa shape index (κ2) is 6.37. The van der Waals surface area contributed by atoms with E-state index in [0.29, 0.717) is 11.8 Å². The zero-order valence-electron chi connectivity index (χ0n) is 13.2. The number of anilines is 3. The third-order valence-electron chi connectivity index (χ3n) is 4.21. The van der Waals surface area contributed by atoms with E-state index >= 15 is 0 Å². The van der Waals surface area contributed by atoms with Gasteiger partial charge in [0.05, 0.1) is 0 Å². The van der Waals surface area contributed by atoms with Crippen LogP contribution in [0.1, 0.15) is 26.2 Å². The molecule has 0 radical (unpaired) electrons. The minimum atomic E-state index is 0.249. The van der Waals surface area contributed by atoms with Crippen LogP contribution < -0.4 is 16.0 Å². The van der Waals surface area contributed by atoms with Crippen LogP contribution in [0, 0.1) is 5.92 Å². The van der Waals surface area contributed by atoms with Crippen LogP contribution >= 0.6 is 0 Å². The van der Waals surface area contributed by atoms with Crippen molar-refractivity contribution >= 4 is 23.2 Å². The Balaban J connectivity index is 1.66. The maximum absolute atomic E-state index is 12.1. The van der Waals surface area contributed by atoms with Gasteiger partial charge in [-0.1, -0.05) is 0 Å². The fourth-order valence-electron chi connectivity index (χ4n) is 2.89. The van der Waals surface area contributed by atoms with Gasteiger partial charge in [-0.25, -0.2) is 9.97 Å². The molecule has 1 aliphatic heterocycles. The quantitative estimate of drug-likeness (QED) is 0.736. The molecular weight excluding hydrogens is 280 g/mol. The monoisotopic (exact) mass is 304 g/mol. The highest BCUT2D eigenvalue weighted by Gasteiger charge is 2.36. The lowest BCUT2D eigenvalue weighted by molar-refractivity contribution is -0.131. The maximum Gasteiger partial charge on any atom is 0.225 e. The minimum Gasteiger partial charge on any atom is -0.382 e. The Bertz CT molecular complexity index is 545. The molecule has 120 valence electrons. The molecule has 2 heterocycles. The van der Waals surface area contributed by atoms with Crippen LogP contribution in [-0.4, -0.2) is 53.5 Å². The van der Waals surface area contributed by atoms with Crippen molar-refractivity contribution in [3.63, 3.8) is 0 Å². The summed E-state index contributed by atoms with van der Waals surface area (Å²) in [6.07, 6.45) is 4.65. The van der Waals surface area contributed by atoms with Gasteiger partial charge in [0.1, 0.15) is 12.0 Å². The number of rotatable bonds is 6. The van der Waals surface area contributed by atoms with Crippen molar-refractivity contribution in [1.29, 1.82) is 0 Å². The van der Waals surface area contributed by atoms with Crippen LogP contribution in [0.2, 0.25) is 0 Å². The molecule has 1 saturated carbocycles. The molecule has 2 aliphatic rings. The smallest absolute Gasteiger partial charge is 0.225 e. The zero-order valence-corrected chi connectivity index (χ0v) is 13.2. The Morgan fingerprint density at radius 1 is 1.32 bits per heavy atom. The average Bonchev–Trinajstić information content (AvgIpc) is 3.27. The highest BCUT2D eigenvalue weighted by atomic mass is 16.2. The summed E-state index contributed by atoms with van der Waals surface area (Å²) < 4.78 is 0. The fraction of sp³-hybridized carbons (Fsp3) is 0.667. The summed E-state index contributed by atoms with van der Waals surface area (Å²) in [5.74, 6) is 2.21. The summed E-state index contributed by atoms with van der Waals surface area (Å²) in [6, 6.07) is 0.249. The Hall–Kier alpha value is -2.05. The summed E-state index contributed by atoms with van der Waals surface area (Å²) in [4.78, 5) is 22.7. The molecule has 1 aliphatic carbocycles. The van der Waals surface area contributed by atoms with Crippen LogP contribution in [-0.2, 0) is 4.79 Å². The first-order valence-electron chi connectivity index (χ1n) is 8.04. The van der Waals surface area contributed by atoms with Gasteiger partial charge in [0.25, 0.3) is 0 Å². The predicted octanol–water partition coefficient (Wildman–Crippen LogP) is 1.37. The first-order valence-corrected chi connectivity index (χ1v) is 8.04. The van der Waals surface area contributed by atoms with Crippen molar-refractivity contribution in [3.8, 4) is 0 Å². The number of amides is 1. The van der Waals surface area contributed by atoms with Gasteiger partial charge in [0.15, 0.2) is 11.6 Å². The summed E-state index contributed by atoms with van der Waals surface area (Å²) in [5, 5.41) is 9.83. The molecule has 1 atom stereocenters. The molecular formula is C15H24N6O. The largest absolute Gasteiger partial charge is 0.382 e. The lowest BCUT2D eigenvalue weighted by Crippen LogP contribution is -2.32. The molecule has 0 spiro atoms. The fourth-order valence-corrected chi connectivity index (χ4v) is 2.89. The summed E-state index contributed by atoms with van der Waals surface area (Å²) in [7, 11) is 1.86. The summed E-state index contributed by atoms with van der Waals surface area (Å²) >= 11 is 0. The van der Waals surface area contributed by atoms with Gasteiger partial charge in [0, 0.05) is 38.6 Å². The van der Waals surface area contributed by atoms with Gasteiger partial charge in [-0.05, 0) is 26.2 Å². The van der Waals surface area contributed by atoms with Crippen molar-refractivity contribution in [2.24, 2.45) is 5.92 Å². The SMILES string of the molecule is CCNc1ncnc(N[C@H]2CCN(C(=O)C3CC3)C2)c1NC. The highest BCUT2D eigenvalue weighted by molar-refractivity contribution is 5.81. The number of aromatic nitrogens is 2. The second-order valence-corrected chi connectivity index (χ2v) is 5.91. The van der Waals surface area contributed by atoms with E-state index in [4.69, 9.17) is 0 Å². The van der Waals surface area contributed by atoms with Crippen LogP contribution in [0.5, 0.6) is 0 Å². The normalized spacial score (nSPS) is 20.8. The van der Waals surface area contributed by atoms with Gasteiger partial charge in [-0.15, -0.1) is 0 Å². The van der Waals surface area contributed by atoms with E-state index in [9.17, 15) is 4.79 Å². The number of carbonyl (C=O) groups is 1. The third-order valence-corrected chi connectivity index (χ3v) is 4.21. The van der Waals surface area contributed by atoms with Crippen molar-refractivity contribution in [2.75, 3.05) is 42.6 Å². The molecule has 1 saturated heterocycles. The highest BCUT2D eigenvalue weighted by Crippen LogP contribution is 2.33. The molecule has 1 aromatic rings. The molecule has 7 heteroatoms. The summed E-state index contributed by atoms with van der Waals surface area (Å²) in [6.45, 7) is 4.44. The molecule has 3 rings (SSSR count). The minimum absolute atomic E-state index is 0.249. The Kier molecular flexibility index (Phi) is 4.31. The Morgan fingerprint density at radius 3 is 2.77 bits per heavy atom. The van der Waals surface area contributed by atoms with Gasteiger partial charge in [0.2, 0.25) is 5.91 Å². The number of hydrogen-bond donors (Lipinski definition) is 3. The van der Waals surface area contributed by atoms with Crippen LogP contribution in [0.3, 0.4) is 0 Å². The molecule has 1 amide bonds. The first-order chi connectivity index (χ1) is 10.7. The lowest BCUT2D eigenvalue weighted by Gasteiger charge is -2.19. The number of likely N-dealkylation sites (tertiary alicyclic amines) is 1. The van der Waals surface area contributed by atoms with Gasteiger partial charge < -0.3 is 20.9 Å². The van der Waals surface area contributed by atoms with Gasteiger partial charge in [-0.2, -0.15) is 0 Å². The molecule has 1 aromatic heterocycles. The van der Waals surface area contributed by atoms with Crippen molar-refractivity contribution in [3.05, 3.63) is 6.33 Å². The van der Waals surface area contributed by atoms with E-state index in [1.807, 2.05) is 18.9 Å². The standard InChI is InChI=1S/C15H24N6O/c1-3-17-13-12(16-2)14(19-9-18-13)20-11-6-7-21(8-11)15(22)10-4-5-10/h9-11,16H,3-8H2,1-2H3,(H2,17,18,19,20)/t11-/m0/s1. The number of hydrogen-bond acceptors (Lipinski definition) is 6. The molecule has 22 heavy (non-hydrogen) atoms. The molecule has 2 fully saturated rings. The van der Waals surface area contributed by atoms with Crippen LogP contribution in [0.15, 0.2) is 6.33 Å². The first kappa shape index (κ1) is 14.9. The summed E-state index contributed by atoms with van der Waals surface area (Å²) in [5.41, 5.74) is 0.872. The van der Waals surface area contributed by atoms with Crippen molar-refractivity contribution in [2.45, 2.75) is 32.2 Å². The van der Waals surface area contributed by atoms with E-state index in [0.717, 1.165) is 56.2 Å². The van der Waals surface area contributed by atoms with E-state index in [2.05, 4.69) is 25.9 Å². The van der Waals surface area contributed by atoms with E-state index in [-0.39, 0.29) is 6.04 Å². The average molecular weight is 304 g/mol. The van der Waals surface area contributed by atoms with Crippen molar-refractivity contribution in [1.82, 2.24) is 14.9 Å². The van der Waals surface area contributed by atoms with E-state index in [1.54, 1.807) is 6.33 Å². The van der Waals surface area contributed by atoms with Crippen molar-refractivity contribution < 1.29 is 4.79 Å². The number of nitrogens with one attached hydrogen (secondary N) is 3. The Labute approximate surface area is 130 Å². The third kappa shape index (κ3) is 3.08. The molecule has 0 bridgehead atoms. The number of carbonyl (C=O) groups excluding carboxylic acids is 1. The zero-order chi connectivity index (χ0) is 15.5. The topological polar surface area (TPSA) is 82.2 Å². The molecule has 7 nitrogen and oxygen atoms in total. The second-order valence-electron chi connectivity index (χ2n) is 5.91. The van der Waals surface area contributed by atoms with Gasteiger partial charge in [-0.3, -0.25) is 4.79 Å².